The van der Waals surface area contributed by atoms with E-state index in [9.17, 15) is 0 Å². The molecule has 0 fully saturated rings. The molecular formula is C40H22O3. The Bertz CT molecular complexity index is 2680. The standard InChI is InChI=1S/C40H22O3/c1-3-13-29-27(11-1)37(23-17-18-26-24-9-5-7-15-33(24)42-36(26)21-23)28-12-2-4-14-30(28)38(29)32-22-41-35-20-19-31-25-10-6-8-16-34(25)43-40(31)39(32)35/h1-22H. The highest BCUT2D eigenvalue weighted by atomic mass is 16.3. The van der Waals surface area contributed by atoms with E-state index in [1.807, 2.05) is 30.5 Å². The summed E-state index contributed by atoms with van der Waals surface area (Å²) in [4.78, 5) is 0. The van der Waals surface area contributed by atoms with E-state index in [4.69, 9.17) is 13.3 Å². The van der Waals surface area contributed by atoms with Crippen LogP contribution in [0.1, 0.15) is 0 Å². The van der Waals surface area contributed by atoms with Crippen LogP contribution in [0.3, 0.4) is 0 Å². The SMILES string of the molecule is c1ccc2c(c1)oc1cc(-c3c4ccccc4c(-c4coc5ccc6c7ccccc7oc6c45)c4ccccc34)ccc12. The first-order valence-corrected chi connectivity index (χ1v) is 14.5. The van der Waals surface area contributed by atoms with Gasteiger partial charge in [-0.1, -0.05) is 91.0 Å². The molecule has 0 atom stereocenters. The van der Waals surface area contributed by atoms with Crippen LogP contribution >= 0.6 is 0 Å². The normalized spacial score (nSPS) is 12.2. The van der Waals surface area contributed by atoms with Gasteiger partial charge in [0, 0.05) is 32.7 Å². The first-order valence-electron chi connectivity index (χ1n) is 14.5. The minimum Gasteiger partial charge on any atom is -0.464 e. The monoisotopic (exact) mass is 550 g/mol. The van der Waals surface area contributed by atoms with Gasteiger partial charge in [0.25, 0.3) is 0 Å². The molecule has 0 saturated heterocycles. The Morgan fingerprint density at radius 2 is 0.907 bits per heavy atom. The Balaban J connectivity index is 1.32. The molecule has 0 aliphatic heterocycles. The van der Waals surface area contributed by atoms with Gasteiger partial charge in [-0.25, -0.2) is 0 Å². The Hall–Kier alpha value is -5.80. The molecule has 3 heteroatoms. The van der Waals surface area contributed by atoms with Gasteiger partial charge in [-0.3, -0.25) is 0 Å². The summed E-state index contributed by atoms with van der Waals surface area (Å²) in [6, 6.07) is 44.6. The number of para-hydroxylation sites is 2. The van der Waals surface area contributed by atoms with Gasteiger partial charge in [0.2, 0.25) is 0 Å². The van der Waals surface area contributed by atoms with E-state index >= 15 is 0 Å². The maximum absolute atomic E-state index is 6.50. The summed E-state index contributed by atoms with van der Waals surface area (Å²) in [5.74, 6) is 0. The summed E-state index contributed by atoms with van der Waals surface area (Å²) >= 11 is 0. The molecule has 3 nitrogen and oxygen atoms in total. The van der Waals surface area contributed by atoms with Gasteiger partial charge in [-0.05, 0) is 69.1 Å². The number of benzene rings is 7. The van der Waals surface area contributed by atoms with E-state index in [-0.39, 0.29) is 0 Å². The van der Waals surface area contributed by atoms with Crippen molar-refractivity contribution < 1.29 is 13.3 Å². The number of rotatable bonds is 2. The van der Waals surface area contributed by atoms with Gasteiger partial charge >= 0.3 is 0 Å². The minimum absolute atomic E-state index is 0.814. The van der Waals surface area contributed by atoms with Crippen molar-refractivity contribution in [3.8, 4) is 22.3 Å². The van der Waals surface area contributed by atoms with Crippen LogP contribution in [0.4, 0.5) is 0 Å². The molecule has 10 aromatic rings. The summed E-state index contributed by atoms with van der Waals surface area (Å²) in [6.07, 6.45) is 1.89. The molecule has 0 aliphatic rings. The van der Waals surface area contributed by atoms with Crippen molar-refractivity contribution >= 4 is 76.4 Å². The second-order valence-corrected chi connectivity index (χ2v) is 11.2. The Morgan fingerprint density at radius 1 is 0.372 bits per heavy atom. The fourth-order valence-corrected chi connectivity index (χ4v) is 7.10. The van der Waals surface area contributed by atoms with E-state index < -0.39 is 0 Å². The van der Waals surface area contributed by atoms with E-state index in [2.05, 4.69) is 103 Å². The molecule has 0 bridgehead atoms. The molecule has 0 spiro atoms. The van der Waals surface area contributed by atoms with Gasteiger partial charge in [0.05, 0.1) is 11.6 Å². The van der Waals surface area contributed by atoms with E-state index in [0.29, 0.717) is 0 Å². The molecule has 3 heterocycles. The van der Waals surface area contributed by atoms with Gasteiger partial charge in [0.15, 0.2) is 0 Å². The molecule has 0 N–H and O–H groups in total. The van der Waals surface area contributed by atoms with E-state index in [0.717, 1.165) is 82.3 Å². The lowest BCUT2D eigenvalue weighted by atomic mass is 9.85. The minimum atomic E-state index is 0.814. The maximum Gasteiger partial charge on any atom is 0.147 e. The van der Waals surface area contributed by atoms with Crippen molar-refractivity contribution in [2.24, 2.45) is 0 Å². The van der Waals surface area contributed by atoms with Crippen molar-refractivity contribution in [3.05, 3.63) is 134 Å². The third kappa shape index (κ3) is 3.08. The molecule has 0 saturated carbocycles. The van der Waals surface area contributed by atoms with Crippen LogP contribution in [0.15, 0.2) is 147 Å². The third-order valence-corrected chi connectivity index (χ3v) is 8.95. The van der Waals surface area contributed by atoms with Crippen molar-refractivity contribution in [2.75, 3.05) is 0 Å². The molecule has 0 amide bonds. The molecule has 0 unspecified atom stereocenters. The van der Waals surface area contributed by atoms with E-state index in [1.165, 1.54) is 16.3 Å². The van der Waals surface area contributed by atoms with Crippen molar-refractivity contribution in [1.82, 2.24) is 0 Å². The van der Waals surface area contributed by atoms with Crippen LogP contribution in [-0.2, 0) is 0 Å². The lowest BCUT2D eigenvalue weighted by Crippen LogP contribution is -1.90. The predicted octanol–water partition coefficient (Wildman–Crippen LogP) is 11.9. The van der Waals surface area contributed by atoms with Crippen LogP contribution in [0, 0.1) is 0 Å². The summed E-state index contributed by atoms with van der Waals surface area (Å²) in [7, 11) is 0. The van der Waals surface area contributed by atoms with E-state index in [1.54, 1.807) is 0 Å². The summed E-state index contributed by atoms with van der Waals surface area (Å²) < 4.78 is 19.0. The lowest BCUT2D eigenvalue weighted by molar-refractivity contribution is 0.616. The van der Waals surface area contributed by atoms with Crippen LogP contribution in [-0.4, -0.2) is 0 Å². The molecule has 7 aromatic carbocycles. The lowest BCUT2D eigenvalue weighted by Gasteiger charge is -2.17. The average Bonchev–Trinajstić information content (AvgIpc) is 3.76. The second-order valence-electron chi connectivity index (χ2n) is 11.2. The van der Waals surface area contributed by atoms with Crippen molar-refractivity contribution in [2.45, 2.75) is 0 Å². The Labute approximate surface area is 245 Å². The topological polar surface area (TPSA) is 39.4 Å². The fraction of sp³-hybridized carbons (Fsp3) is 0. The second kappa shape index (κ2) is 8.37. The average molecular weight is 551 g/mol. The molecular weight excluding hydrogens is 528 g/mol. The van der Waals surface area contributed by atoms with Gasteiger partial charge in [-0.2, -0.15) is 0 Å². The summed E-state index contributed by atoms with van der Waals surface area (Å²) in [5.41, 5.74) is 8.85. The molecule has 0 radical (unpaired) electrons. The van der Waals surface area contributed by atoms with Crippen molar-refractivity contribution in [1.29, 1.82) is 0 Å². The zero-order chi connectivity index (χ0) is 28.1. The highest BCUT2D eigenvalue weighted by Gasteiger charge is 2.22. The maximum atomic E-state index is 6.50. The number of fused-ring (bicyclic) bond motifs is 10. The van der Waals surface area contributed by atoms with Gasteiger partial charge in [-0.15, -0.1) is 0 Å². The fourth-order valence-electron chi connectivity index (χ4n) is 7.10. The first-order chi connectivity index (χ1) is 21.3. The molecule has 0 aliphatic carbocycles. The number of hydrogen-bond donors (Lipinski definition) is 0. The molecule has 43 heavy (non-hydrogen) atoms. The smallest absolute Gasteiger partial charge is 0.147 e. The summed E-state index contributed by atoms with van der Waals surface area (Å²) in [5, 5.41) is 10.2. The highest BCUT2D eigenvalue weighted by Crippen LogP contribution is 2.48. The molecule has 10 rings (SSSR count). The third-order valence-electron chi connectivity index (χ3n) is 8.95. The molecule has 3 aromatic heterocycles. The van der Waals surface area contributed by atoms with Crippen LogP contribution in [0.5, 0.6) is 0 Å². The van der Waals surface area contributed by atoms with Gasteiger partial charge < -0.3 is 13.3 Å². The predicted molar refractivity (Wildman–Crippen MR) is 177 cm³/mol. The zero-order valence-corrected chi connectivity index (χ0v) is 22.9. The number of hydrogen-bond acceptors (Lipinski definition) is 3. The van der Waals surface area contributed by atoms with Gasteiger partial charge in [0.1, 0.15) is 27.9 Å². The van der Waals surface area contributed by atoms with Crippen LogP contribution < -0.4 is 0 Å². The summed E-state index contributed by atoms with van der Waals surface area (Å²) in [6.45, 7) is 0. The Morgan fingerprint density at radius 3 is 1.60 bits per heavy atom. The Kier molecular flexibility index (Phi) is 4.45. The highest BCUT2D eigenvalue weighted by molar-refractivity contribution is 6.26. The van der Waals surface area contributed by atoms with Crippen molar-refractivity contribution in [3.63, 3.8) is 0 Å². The van der Waals surface area contributed by atoms with Crippen LogP contribution in [0.25, 0.3) is 98.6 Å². The largest absolute Gasteiger partial charge is 0.464 e. The zero-order valence-electron chi connectivity index (χ0n) is 22.9. The molecule has 200 valence electrons. The quantitative estimate of drug-likeness (QED) is 0.201. The first kappa shape index (κ1) is 22.8. The number of furan rings is 3. The van der Waals surface area contributed by atoms with Crippen LogP contribution in [0.2, 0.25) is 0 Å².